The zero-order valence-electron chi connectivity index (χ0n) is 14.4. The third-order valence-electron chi connectivity index (χ3n) is 3.79. The number of hydrogen-bond acceptors (Lipinski definition) is 3. The summed E-state index contributed by atoms with van der Waals surface area (Å²) < 4.78 is 0. The second kappa shape index (κ2) is 9.30. The number of aliphatic hydroxyl groups excluding tert-OH is 1. The average Bonchev–Trinajstić information content (AvgIpc) is 2.69. The maximum atomic E-state index is 12.1. The lowest BCUT2D eigenvalue weighted by molar-refractivity contribution is 0.0696. The van der Waals surface area contributed by atoms with Crippen molar-refractivity contribution in [1.29, 1.82) is 0 Å². The van der Waals surface area contributed by atoms with Gasteiger partial charge in [-0.15, -0.1) is 0 Å². The number of carbonyl (C=O) groups excluding carboxylic acids is 1. The van der Waals surface area contributed by atoms with E-state index in [2.05, 4.69) is 0 Å². The average molecular weight is 348 g/mol. The largest absolute Gasteiger partial charge is 0.478 e. The molecule has 2 N–H and O–H groups in total. The van der Waals surface area contributed by atoms with Gasteiger partial charge < -0.3 is 10.2 Å². The normalized spacial score (nSPS) is 11.0. The van der Waals surface area contributed by atoms with Gasteiger partial charge in [-0.25, -0.2) is 4.79 Å². The summed E-state index contributed by atoms with van der Waals surface area (Å²) in [4.78, 5) is 22.3. The monoisotopic (exact) mass is 348 g/mol. The zero-order chi connectivity index (χ0) is 18.9. The predicted molar refractivity (Wildman–Crippen MR) is 100 cm³/mol. The first kappa shape index (κ1) is 19.1. The van der Waals surface area contributed by atoms with Crippen LogP contribution < -0.4 is 0 Å². The first-order valence-electron chi connectivity index (χ1n) is 8.12. The molecule has 4 heteroatoms. The number of aromatic carboxylic acids is 1. The van der Waals surface area contributed by atoms with E-state index in [1.54, 1.807) is 54.6 Å². The summed E-state index contributed by atoms with van der Waals surface area (Å²) >= 11 is 0. The molecule has 0 radical (unpaired) electrons. The summed E-state index contributed by atoms with van der Waals surface area (Å²) in [6.07, 6.45) is -1.09. The second-order valence-electron chi connectivity index (χ2n) is 5.66. The minimum Gasteiger partial charge on any atom is -0.478 e. The molecule has 1 atom stereocenters. The Morgan fingerprint density at radius 3 is 1.77 bits per heavy atom. The van der Waals surface area contributed by atoms with Crippen LogP contribution in [0.4, 0.5) is 0 Å². The van der Waals surface area contributed by atoms with Gasteiger partial charge in [0.2, 0.25) is 0 Å². The number of ketones is 1. The number of rotatable bonds is 4. The Morgan fingerprint density at radius 2 is 1.27 bits per heavy atom. The number of aliphatic hydroxyl groups is 1. The molecule has 0 spiro atoms. The maximum Gasteiger partial charge on any atom is 0.335 e. The summed E-state index contributed by atoms with van der Waals surface area (Å²) in [7, 11) is 0. The fourth-order valence-electron chi connectivity index (χ4n) is 2.36. The van der Waals surface area contributed by atoms with E-state index in [0.717, 1.165) is 5.56 Å². The van der Waals surface area contributed by atoms with Gasteiger partial charge in [-0.3, -0.25) is 4.79 Å². The lowest BCUT2D eigenvalue weighted by Gasteiger charge is -2.11. The van der Waals surface area contributed by atoms with E-state index >= 15 is 0 Å². The Balaban J connectivity index is 0.000000228. The zero-order valence-corrected chi connectivity index (χ0v) is 14.4. The van der Waals surface area contributed by atoms with Crippen LogP contribution in [0.2, 0.25) is 0 Å². The van der Waals surface area contributed by atoms with Crippen molar-refractivity contribution in [3.63, 3.8) is 0 Å². The molecule has 0 saturated carbocycles. The van der Waals surface area contributed by atoms with Gasteiger partial charge in [-0.2, -0.15) is 0 Å². The number of hydrogen-bond donors (Lipinski definition) is 2. The van der Waals surface area contributed by atoms with Crippen molar-refractivity contribution >= 4 is 11.8 Å². The smallest absolute Gasteiger partial charge is 0.335 e. The molecule has 0 bridgehead atoms. The molecule has 132 valence electrons. The molecule has 0 aromatic heterocycles. The van der Waals surface area contributed by atoms with Gasteiger partial charge in [-0.1, -0.05) is 72.8 Å². The molecule has 0 amide bonds. The third kappa shape index (κ3) is 5.13. The van der Waals surface area contributed by atoms with Crippen molar-refractivity contribution in [2.75, 3.05) is 0 Å². The molecule has 3 rings (SSSR count). The lowest BCUT2D eigenvalue weighted by atomic mass is 9.97. The van der Waals surface area contributed by atoms with E-state index in [4.69, 9.17) is 5.11 Å². The summed E-state index contributed by atoms with van der Waals surface area (Å²) in [6.45, 7) is 1.87. The summed E-state index contributed by atoms with van der Waals surface area (Å²) in [5.41, 5.74) is 2.41. The number of Topliss-reactive ketones (excluding diaryl/α,β-unsaturated/α-hetero) is 1. The van der Waals surface area contributed by atoms with Crippen molar-refractivity contribution in [1.82, 2.24) is 0 Å². The molecule has 3 aromatic carbocycles. The van der Waals surface area contributed by atoms with Crippen LogP contribution in [-0.4, -0.2) is 22.0 Å². The first-order chi connectivity index (χ1) is 12.5. The Morgan fingerprint density at radius 1 is 0.769 bits per heavy atom. The third-order valence-corrected chi connectivity index (χ3v) is 3.79. The minimum atomic E-state index is -1.09. The maximum absolute atomic E-state index is 12.1. The summed E-state index contributed by atoms with van der Waals surface area (Å²) in [5.74, 6) is -1.13. The van der Waals surface area contributed by atoms with Gasteiger partial charge in [0.1, 0.15) is 6.10 Å². The van der Waals surface area contributed by atoms with Crippen LogP contribution in [-0.2, 0) is 0 Å². The van der Waals surface area contributed by atoms with Crippen molar-refractivity contribution in [3.8, 4) is 0 Å². The molecule has 0 heterocycles. The number of carboxylic acids is 1. The number of carbonyl (C=O) groups is 2. The van der Waals surface area contributed by atoms with E-state index in [-0.39, 0.29) is 5.78 Å². The fourth-order valence-corrected chi connectivity index (χ4v) is 2.36. The Bertz CT molecular complexity index is 858. The van der Waals surface area contributed by atoms with Gasteiger partial charge in [-0.05, 0) is 30.2 Å². The van der Waals surface area contributed by atoms with Gasteiger partial charge >= 0.3 is 5.97 Å². The van der Waals surface area contributed by atoms with Crippen LogP contribution in [0.25, 0.3) is 0 Å². The number of benzene rings is 3. The highest BCUT2D eigenvalue weighted by atomic mass is 16.4. The van der Waals surface area contributed by atoms with Crippen LogP contribution in [0, 0.1) is 6.92 Å². The molecule has 4 nitrogen and oxygen atoms in total. The molecular weight excluding hydrogens is 328 g/mol. The molecular formula is C22H20O4. The van der Waals surface area contributed by atoms with Crippen LogP contribution in [0.5, 0.6) is 0 Å². The van der Waals surface area contributed by atoms with Crippen LogP contribution in [0.1, 0.15) is 37.9 Å². The van der Waals surface area contributed by atoms with E-state index in [9.17, 15) is 14.7 Å². The van der Waals surface area contributed by atoms with Gasteiger partial charge in [0, 0.05) is 5.56 Å². The van der Waals surface area contributed by atoms with Gasteiger partial charge in [0.15, 0.2) is 5.78 Å². The Hall–Kier alpha value is -3.24. The van der Waals surface area contributed by atoms with Crippen LogP contribution in [0.3, 0.4) is 0 Å². The molecule has 0 aliphatic rings. The number of aryl methyl sites for hydroxylation is 1. The van der Waals surface area contributed by atoms with E-state index in [0.29, 0.717) is 16.7 Å². The van der Waals surface area contributed by atoms with Crippen LogP contribution in [0.15, 0.2) is 84.9 Å². The highest BCUT2D eigenvalue weighted by molar-refractivity contribution is 6.01. The first-order valence-corrected chi connectivity index (χ1v) is 8.12. The molecule has 1 unspecified atom stereocenters. The van der Waals surface area contributed by atoms with Crippen molar-refractivity contribution in [3.05, 3.63) is 107 Å². The number of carboxylic acid groups (broad SMARTS) is 1. The van der Waals surface area contributed by atoms with Crippen molar-refractivity contribution < 1.29 is 19.8 Å². The Labute approximate surface area is 152 Å². The highest BCUT2D eigenvalue weighted by Crippen LogP contribution is 2.20. The SMILES string of the molecule is Cc1ccccc1C(=O)C(O)c1ccccc1.O=C(O)c1ccccc1. The van der Waals surface area contributed by atoms with Gasteiger partial charge in [0.25, 0.3) is 0 Å². The second-order valence-corrected chi connectivity index (χ2v) is 5.66. The van der Waals surface area contributed by atoms with E-state index in [1.165, 1.54) is 0 Å². The van der Waals surface area contributed by atoms with E-state index in [1.807, 2.05) is 37.3 Å². The standard InChI is InChI=1S/C15H14O2.C7H6O2/c1-11-7-5-6-10-13(11)15(17)14(16)12-8-3-2-4-9-12;8-7(9)6-4-2-1-3-5-6/h2-10,14,16H,1H3;1-5H,(H,8,9). The van der Waals surface area contributed by atoms with Gasteiger partial charge in [0.05, 0.1) is 5.56 Å². The highest BCUT2D eigenvalue weighted by Gasteiger charge is 2.19. The summed E-state index contributed by atoms with van der Waals surface area (Å²) in [5, 5.41) is 18.4. The predicted octanol–water partition coefficient (Wildman–Crippen LogP) is 4.30. The molecule has 0 aliphatic carbocycles. The van der Waals surface area contributed by atoms with E-state index < -0.39 is 12.1 Å². The molecule has 3 aromatic rings. The minimum absolute atomic E-state index is 0.255. The molecule has 0 fully saturated rings. The van der Waals surface area contributed by atoms with Crippen molar-refractivity contribution in [2.45, 2.75) is 13.0 Å². The Kier molecular flexibility index (Phi) is 6.83. The molecule has 0 aliphatic heterocycles. The lowest BCUT2D eigenvalue weighted by Crippen LogP contribution is -2.13. The van der Waals surface area contributed by atoms with Crippen molar-refractivity contribution in [2.24, 2.45) is 0 Å². The summed E-state index contributed by atoms with van der Waals surface area (Å²) in [6, 6.07) is 24.6. The fraction of sp³-hybridized carbons (Fsp3) is 0.0909. The molecule has 0 saturated heterocycles. The van der Waals surface area contributed by atoms with Crippen LogP contribution >= 0.6 is 0 Å². The quantitative estimate of drug-likeness (QED) is 0.690. The topological polar surface area (TPSA) is 74.6 Å². The molecule has 26 heavy (non-hydrogen) atoms.